The van der Waals surface area contributed by atoms with Crippen LogP contribution in [-0.2, 0) is 4.79 Å². The third-order valence-electron chi connectivity index (χ3n) is 3.27. The molecule has 1 fully saturated rings. The molecular formula is C13H24O. The van der Waals surface area contributed by atoms with Crippen molar-refractivity contribution < 1.29 is 4.79 Å². The molecule has 0 radical (unpaired) electrons. The summed E-state index contributed by atoms with van der Waals surface area (Å²) in [6, 6.07) is 0. The van der Waals surface area contributed by atoms with Crippen molar-refractivity contribution in [1.82, 2.24) is 0 Å². The molecule has 82 valence electrons. The van der Waals surface area contributed by atoms with Crippen LogP contribution >= 0.6 is 0 Å². The first-order valence-electron chi connectivity index (χ1n) is 6.23. The molecule has 0 unspecified atom stereocenters. The molecule has 0 amide bonds. The third-order valence-corrected chi connectivity index (χ3v) is 3.27. The second-order valence-electron chi connectivity index (χ2n) is 5.09. The van der Waals surface area contributed by atoms with E-state index in [2.05, 4.69) is 13.8 Å². The van der Waals surface area contributed by atoms with Crippen LogP contribution in [0.25, 0.3) is 0 Å². The smallest absolute Gasteiger partial charge is 0.135 e. The van der Waals surface area contributed by atoms with Crippen molar-refractivity contribution in [2.45, 2.75) is 65.2 Å². The Kier molecular flexibility index (Phi) is 5.21. The Balaban J connectivity index is 2.13. The minimum absolute atomic E-state index is 0.427. The van der Waals surface area contributed by atoms with Crippen molar-refractivity contribution in [3.8, 4) is 0 Å². The van der Waals surface area contributed by atoms with Gasteiger partial charge in [0.2, 0.25) is 0 Å². The van der Waals surface area contributed by atoms with Gasteiger partial charge in [0.15, 0.2) is 0 Å². The maximum atomic E-state index is 11.8. The SMILES string of the molecule is CC(C)CCCC(=O)C1CCCCC1. The zero-order valence-electron chi connectivity index (χ0n) is 9.72. The minimum atomic E-state index is 0.427. The predicted octanol–water partition coefficient (Wildman–Crippen LogP) is 3.96. The molecule has 0 saturated heterocycles. The van der Waals surface area contributed by atoms with Crippen LogP contribution in [-0.4, -0.2) is 5.78 Å². The van der Waals surface area contributed by atoms with E-state index in [0.717, 1.165) is 18.8 Å². The van der Waals surface area contributed by atoms with E-state index in [1.165, 1.54) is 38.5 Å². The third kappa shape index (κ3) is 4.26. The van der Waals surface area contributed by atoms with Gasteiger partial charge in [-0.2, -0.15) is 0 Å². The second-order valence-corrected chi connectivity index (χ2v) is 5.09. The number of hydrogen-bond acceptors (Lipinski definition) is 1. The normalized spacial score (nSPS) is 18.8. The lowest BCUT2D eigenvalue weighted by Gasteiger charge is -2.20. The van der Waals surface area contributed by atoms with Crippen LogP contribution in [0.2, 0.25) is 0 Å². The summed E-state index contributed by atoms with van der Waals surface area (Å²) in [4.78, 5) is 11.8. The summed E-state index contributed by atoms with van der Waals surface area (Å²) < 4.78 is 0. The first-order chi connectivity index (χ1) is 6.70. The summed E-state index contributed by atoms with van der Waals surface area (Å²) in [7, 11) is 0. The number of carbonyl (C=O) groups is 1. The van der Waals surface area contributed by atoms with Gasteiger partial charge in [-0.15, -0.1) is 0 Å². The van der Waals surface area contributed by atoms with Gasteiger partial charge in [-0.3, -0.25) is 4.79 Å². The molecule has 0 heterocycles. The summed E-state index contributed by atoms with van der Waals surface area (Å²) >= 11 is 0. The minimum Gasteiger partial charge on any atom is -0.299 e. The quantitative estimate of drug-likeness (QED) is 0.650. The Bertz CT molecular complexity index is 166. The van der Waals surface area contributed by atoms with Gasteiger partial charge in [0.25, 0.3) is 0 Å². The molecule has 1 aliphatic rings. The first-order valence-corrected chi connectivity index (χ1v) is 6.23. The summed E-state index contributed by atoms with van der Waals surface area (Å²) in [6.45, 7) is 4.45. The van der Waals surface area contributed by atoms with Gasteiger partial charge >= 0.3 is 0 Å². The molecule has 1 saturated carbocycles. The monoisotopic (exact) mass is 196 g/mol. The van der Waals surface area contributed by atoms with Crippen molar-refractivity contribution in [1.29, 1.82) is 0 Å². The predicted molar refractivity (Wildman–Crippen MR) is 60.3 cm³/mol. The molecule has 0 aromatic heterocycles. The highest BCUT2D eigenvalue weighted by Gasteiger charge is 2.20. The Morgan fingerprint density at radius 3 is 2.43 bits per heavy atom. The highest BCUT2D eigenvalue weighted by atomic mass is 16.1. The Morgan fingerprint density at radius 2 is 1.86 bits per heavy atom. The van der Waals surface area contributed by atoms with E-state index in [0.29, 0.717) is 11.7 Å². The molecule has 0 aliphatic heterocycles. The van der Waals surface area contributed by atoms with Gasteiger partial charge in [0.05, 0.1) is 0 Å². The number of ketones is 1. The first kappa shape index (κ1) is 11.7. The van der Waals surface area contributed by atoms with Gasteiger partial charge < -0.3 is 0 Å². The van der Waals surface area contributed by atoms with Crippen molar-refractivity contribution in [2.75, 3.05) is 0 Å². The van der Waals surface area contributed by atoms with E-state index in [4.69, 9.17) is 0 Å². The van der Waals surface area contributed by atoms with Crippen LogP contribution in [0, 0.1) is 11.8 Å². The van der Waals surface area contributed by atoms with Crippen LogP contribution in [0.4, 0.5) is 0 Å². The van der Waals surface area contributed by atoms with E-state index < -0.39 is 0 Å². The van der Waals surface area contributed by atoms with Gasteiger partial charge in [0, 0.05) is 12.3 Å². The van der Waals surface area contributed by atoms with E-state index in [1.54, 1.807) is 0 Å². The lowest BCUT2D eigenvalue weighted by atomic mass is 9.84. The topological polar surface area (TPSA) is 17.1 Å². The van der Waals surface area contributed by atoms with Crippen LogP contribution in [0.5, 0.6) is 0 Å². The van der Waals surface area contributed by atoms with Crippen LogP contribution in [0.1, 0.15) is 65.2 Å². The molecule has 1 rings (SSSR count). The molecule has 1 nitrogen and oxygen atoms in total. The van der Waals surface area contributed by atoms with Crippen molar-refractivity contribution in [3.05, 3.63) is 0 Å². The second kappa shape index (κ2) is 6.21. The van der Waals surface area contributed by atoms with Gasteiger partial charge in [-0.05, 0) is 25.2 Å². The molecule has 0 spiro atoms. The average Bonchev–Trinajstić information content (AvgIpc) is 2.18. The van der Waals surface area contributed by atoms with E-state index in [1.807, 2.05) is 0 Å². The molecule has 1 aliphatic carbocycles. The fourth-order valence-electron chi connectivity index (χ4n) is 2.31. The van der Waals surface area contributed by atoms with Crippen molar-refractivity contribution in [3.63, 3.8) is 0 Å². The fourth-order valence-corrected chi connectivity index (χ4v) is 2.31. The summed E-state index contributed by atoms with van der Waals surface area (Å²) in [5.41, 5.74) is 0. The standard InChI is InChI=1S/C13H24O/c1-11(2)7-6-10-13(14)12-8-4-3-5-9-12/h11-12H,3-10H2,1-2H3. The summed E-state index contributed by atoms with van der Waals surface area (Å²) in [5.74, 6) is 1.72. The molecular weight excluding hydrogens is 172 g/mol. The van der Waals surface area contributed by atoms with Crippen LogP contribution in [0.3, 0.4) is 0 Å². The Hall–Kier alpha value is -0.330. The van der Waals surface area contributed by atoms with Crippen molar-refractivity contribution in [2.24, 2.45) is 11.8 Å². The molecule has 0 aromatic rings. The maximum absolute atomic E-state index is 11.8. The van der Waals surface area contributed by atoms with E-state index >= 15 is 0 Å². The van der Waals surface area contributed by atoms with Crippen molar-refractivity contribution >= 4 is 5.78 Å². The number of carbonyl (C=O) groups excluding carboxylic acids is 1. The maximum Gasteiger partial charge on any atom is 0.135 e. The Labute approximate surface area is 88.3 Å². The largest absolute Gasteiger partial charge is 0.299 e. The zero-order chi connectivity index (χ0) is 10.4. The fraction of sp³-hybridized carbons (Fsp3) is 0.923. The van der Waals surface area contributed by atoms with Gasteiger partial charge in [0.1, 0.15) is 5.78 Å². The lowest BCUT2D eigenvalue weighted by Crippen LogP contribution is -2.17. The highest BCUT2D eigenvalue weighted by molar-refractivity contribution is 5.80. The average molecular weight is 196 g/mol. The molecule has 0 N–H and O–H groups in total. The summed E-state index contributed by atoms with van der Waals surface area (Å²) in [5, 5.41) is 0. The van der Waals surface area contributed by atoms with Crippen LogP contribution < -0.4 is 0 Å². The van der Waals surface area contributed by atoms with Gasteiger partial charge in [-0.1, -0.05) is 39.5 Å². The van der Waals surface area contributed by atoms with E-state index in [9.17, 15) is 4.79 Å². The van der Waals surface area contributed by atoms with Gasteiger partial charge in [-0.25, -0.2) is 0 Å². The summed E-state index contributed by atoms with van der Waals surface area (Å²) in [6.07, 6.45) is 9.38. The number of rotatable bonds is 5. The molecule has 0 bridgehead atoms. The molecule has 0 aromatic carbocycles. The van der Waals surface area contributed by atoms with E-state index in [-0.39, 0.29) is 0 Å². The van der Waals surface area contributed by atoms with Crippen LogP contribution in [0.15, 0.2) is 0 Å². The number of hydrogen-bond donors (Lipinski definition) is 0. The molecule has 0 atom stereocenters. The number of Topliss-reactive ketones (excluding diaryl/α,β-unsaturated/α-hetero) is 1. The molecule has 1 heteroatoms. The zero-order valence-corrected chi connectivity index (χ0v) is 9.72. The highest BCUT2D eigenvalue weighted by Crippen LogP contribution is 2.26. The molecule has 14 heavy (non-hydrogen) atoms. The Morgan fingerprint density at radius 1 is 1.21 bits per heavy atom. The lowest BCUT2D eigenvalue weighted by molar-refractivity contribution is -0.123.